The minimum absolute atomic E-state index is 0.284. The van der Waals surface area contributed by atoms with Crippen molar-refractivity contribution < 1.29 is 9.47 Å². The summed E-state index contributed by atoms with van der Waals surface area (Å²) >= 11 is 0. The topological polar surface area (TPSA) is 62.1 Å². The largest absolute Gasteiger partial charge is 0.480 e. The van der Waals surface area contributed by atoms with Gasteiger partial charge in [-0.05, 0) is 6.92 Å². The van der Waals surface area contributed by atoms with Crippen LogP contribution >= 0.6 is 0 Å². The predicted molar refractivity (Wildman–Crippen MR) is 62.1 cm³/mol. The van der Waals surface area contributed by atoms with Gasteiger partial charge in [0.25, 0.3) is 0 Å². The highest BCUT2D eigenvalue weighted by molar-refractivity contribution is 5.69. The molecule has 0 spiro atoms. The average Bonchev–Trinajstić information content (AvgIpc) is 2.69. The maximum Gasteiger partial charge on any atom is 0.319 e. The Bertz CT molecular complexity index is 536. The molecule has 0 aliphatic rings. The molecule has 0 radical (unpaired) electrons. The Morgan fingerprint density at radius 2 is 1.88 bits per heavy atom. The smallest absolute Gasteiger partial charge is 0.319 e. The molecule has 0 bridgehead atoms. The Kier molecular flexibility index (Phi) is 2.95. The first kappa shape index (κ1) is 11.4. The van der Waals surface area contributed by atoms with Gasteiger partial charge in [-0.3, -0.25) is 4.68 Å². The number of hydrogen-bond donors (Lipinski definition) is 0. The first-order valence-electron chi connectivity index (χ1n) is 5.11. The Balaban J connectivity index is 2.55. The van der Waals surface area contributed by atoms with Crippen LogP contribution in [0.15, 0.2) is 12.4 Å². The minimum atomic E-state index is 0.284. The van der Waals surface area contributed by atoms with Crippen molar-refractivity contribution >= 4 is 0 Å². The van der Waals surface area contributed by atoms with Crippen LogP contribution in [0.1, 0.15) is 5.69 Å². The molecule has 0 N–H and O–H groups in total. The summed E-state index contributed by atoms with van der Waals surface area (Å²) in [6.45, 7) is 1.98. The maximum absolute atomic E-state index is 5.24. The van der Waals surface area contributed by atoms with Crippen LogP contribution in [0.2, 0.25) is 0 Å². The number of aromatic nitrogens is 4. The van der Waals surface area contributed by atoms with Crippen molar-refractivity contribution in [3.63, 3.8) is 0 Å². The van der Waals surface area contributed by atoms with E-state index in [2.05, 4.69) is 15.1 Å². The molecular weight excluding hydrogens is 220 g/mol. The van der Waals surface area contributed by atoms with Gasteiger partial charge in [0.2, 0.25) is 5.88 Å². The summed E-state index contributed by atoms with van der Waals surface area (Å²) in [6, 6.07) is 0.284. The van der Waals surface area contributed by atoms with E-state index in [4.69, 9.17) is 9.47 Å². The number of hydrogen-bond acceptors (Lipinski definition) is 5. The highest BCUT2D eigenvalue weighted by Crippen LogP contribution is 2.30. The van der Waals surface area contributed by atoms with Crippen LogP contribution in [0.25, 0.3) is 11.1 Å². The molecule has 0 saturated carbocycles. The molecule has 2 aromatic heterocycles. The third-order valence-electron chi connectivity index (χ3n) is 2.63. The van der Waals surface area contributed by atoms with E-state index in [1.807, 2.05) is 14.0 Å². The number of nitrogens with zero attached hydrogens (tertiary/aromatic N) is 4. The number of ether oxygens (including phenoxy) is 2. The van der Waals surface area contributed by atoms with Crippen LogP contribution in [0.5, 0.6) is 11.9 Å². The molecule has 2 heterocycles. The lowest BCUT2D eigenvalue weighted by molar-refractivity contribution is 0.353. The molecule has 0 amide bonds. The van der Waals surface area contributed by atoms with E-state index in [-0.39, 0.29) is 6.01 Å². The van der Waals surface area contributed by atoms with Crippen molar-refractivity contribution in [1.82, 2.24) is 19.7 Å². The average molecular weight is 234 g/mol. The molecule has 0 atom stereocenters. The first-order valence-corrected chi connectivity index (χ1v) is 5.11. The highest BCUT2D eigenvalue weighted by atomic mass is 16.5. The highest BCUT2D eigenvalue weighted by Gasteiger charge is 2.14. The molecule has 0 aliphatic carbocycles. The summed E-state index contributed by atoms with van der Waals surface area (Å²) in [5, 5.41) is 4.18. The van der Waals surface area contributed by atoms with Crippen LogP contribution in [0, 0.1) is 6.92 Å². The molecule has 2 aromatic rings. The van der Waals surface area contributed by atoms with Crippen molar-refractivity contribution in [1.29, 1.82) is 0 Å². The Morgan fingerprint density at radius 3 is 2.41 bits per heavy atom. The molecule has 0 fully saturated rings. The van der Waals surface area contributed by atoms with Crippen LogP contribution in [0.3, 0.4) is 0 Å². The van der Waals surface area contributed by atoms with E-state index in [1.165, 1.54) is 7.11 Å². The van der Waals surface area contributed by atoms with Gasteiger partial charge >= 0.3 is 6.01 Å². The molecule has 6 heteroatoms. The fourth-order valence-corrected chi connectivity index (χ4v) is 1.55. The quantitative estimate of drug-likeness (QED) is 0.798. The number of rotatable bonds is 3. The molecule has 90 valence electrons. The van der Waals surface area contributed by atoms with Gasteiger partial charge in [0, 0.05) is 24.5 Å². The third kappa shape index (κ3) is 1.93. The fraction of sp³-hybridized carbons (Fsp3) is 0.364. The van der Waals surface area contributed by atoms with Gasteiger partial charge in [-0.15, -0.1) is 0 Å². The zero-order chi connectivity index (χ0) is 12.4. The monoisotopic (exact) mass is 234 g/mol. The predicted octanol–water partition coefficient (Wildman–Crippen LogP) is 1.20. The maximum atomic E-state index is 5.24. The molecule has 6 nitrogen and oxygen atoms in total. The van der Waals surface area contributed by atoms with Gasteiger partial charge in [-0.25, -0.2) is 4.98 Å². The van der Waals surface area contributed by atoms with Crippen molar-refractivity contribution in [2.45, 2.75) is 6.92 Å². The van der Waals surface area contributed by atoms with E-state index in [0.29, 0.717) is 5.88 Å². The van der Waals surface area contributed by atoms with Crippen molar-refractivity contribution in [2.24, 2.45) is 7.05 Å². The lowest BCUT2D eigenvalue weighted by atomic mass is 10.1. The first-order chi connectivity index (χ1) is 8.17. The molecule has 17 heavy (non-hydrogen) atoms. The van der Waals surface area contributed by atoms with E-state index < -0.39 is 0 Å². The SMILES string of the molecule is COc1ncc(-c2cnn(C)c2C)c(OC)n1. The van der Waals surface area contributed by atoms with Crippen LogP contribution in [0.4, 0.5) is 0 Å². The Morgan fingerprint density at radius 1 is 1.12 bits per heavy atom. The van der Waals surface area contributed by atoms with Gasteiger partial charge in [0.15, 0.2) is 0 Å². The van der Waals surface area contributed by atoms with Crippen LogP contribution in [-0.2, 0) is 7.05 Å². The second-order valence-electron chi connectivity index (χ2n) is 3.55. The summed E-state index contributed by atoms with van der Waals surface area (Å²) in [6.07, 6.45) is 3.44. The second kappa shape index (κ2) is 4.40. The Hall–Kier alpha value is -2.11. The van der Waals surface area contributed by atoms with Gasteiger partial charge in [-0.1, -0.05) is 0 Å². The molecule has 0 aromatic carbocycles. The summed E-state index contributed by atoms with van der Waals surface area (Å²) in [4.78, 5) is 8.23. The standard InChI is InChI=1S/C11H14N4O2/c1-7-8(6-13-15(7)2)9-5-12-11(17-4)14-10(9)16-3/h5-6H,1-4H3. The van der Waals surface area contributed by atoms with Gasteiger partial charge < -0.3 is 9.47 Å². The van der Waals surface area contributed by atoms with Crippen molar-refractivity contribution in [3.05, 3.63) is 18.1 Å². The zero-order valence-electron chi connectivity index (χ0n) is 10.3. The molecule has 2 rings (SSSR count). The summed E-state index contributed by atoms with van der Waals surface area (Å²) in [7, 11) is 4.97. The van der Waals surface area contributed by atoms with Crippen LogP contribution < -0.4 is 9.47 Å². The number of methoxy groups -OCH3 is 2. The Labute approximate surface area is 99.2 Å². The molecular formula is C11H14N4O2. The van der Waals surface area contributed by atoms with Gasteiger partial charge in [0.1, 0.15) is 0 Å². The normalized spacial score (nSPS) is 10.4. The fourth-order valence-electron chi connectivity index (χ4n) is 1.55. The lowest BCUT2D eigenvalue weighted by Gasteiger charge is -2.07. The molecule has 0 aliphatic heterocycles. The van der Waals surface area contributed by atoms with E-state index in [0.717, 1.165) is 16.8 Å². The van der Waals surface area contributed by atoms with Crippen molar-refractivity contribution in [2.75, 3.05) is 14.2 Å². The van der Waals surface area contributed by atoms with Gasteiger partial charge in [-0.2, -0.15) is 10.1 Å². The minimum Gasteiger partial charge on any atom is -0.480 e. The zero-order valence-corrected chi connectivity index (χ0v) is 10.3. The lowest BCUT2D eigenvalue weighted by Crippen LogP contribution is -1.98. The second-order valence-corrected chi connectivity index (χ2v) is 3.55. The summed E-state index contributed by atoms with van der Waals surface area (Å²) < 4.78 is 12.0. The third-order valence-corrected chi connectivity index (χ3v) is 2.63. The summed E-state index contributed by atoms with van der Waals surface area (Å²) in [5.41, 5.74) is 2.78. The van der Waals surface area contributed by atoms with E-state index in [9.17, 15) is 0 Å². The van der Waals surface area contributed by atoms with Gasteiger partial charge in [0.05, 0.1) is 26.0 Å². The van der Waals surface area contributed by atoms with Crippen molar-refractivity contribution in [3.8, 4) is 23.0 Å². The molecule has 0 unspecified atom stereocenters. The number of aryl methyl sites for hydroxylation is 1. The van der Waals surface area contributed by atoms with Crippen LogP contribution in [-0.4, -0.2) is 34.0 Å². The molecule has 0 saturated heterocycles. The van der Waals surface area contributed by atoms with E-state index in [1.54, 1.807) is 24.2 Å². The van der Waals surface area contributed by atoms with E-state index >= 15 is 0 Å². The summed E-state index contributed by atoms with van der Waals surface area (Å²) in [5.74, 6) is 0.480.